The minimum absolute atomic E-state index is 0.259. The van der Waals surface area contributed by atoms with Gasteiger partial charge in [-0.3, -0.25) is 9.89 Å². The molecular weight excluding hydrogens is 132 g/mol. The highest BCUT2D eigenvalue weighted by Gasteiger charge is 2.07. The van der Waals surface area contributed by atoms with E-state index >= 15 is 0 Å². The molecule has 0 saturated carbocycles. The first-order valence-corrected chi connectivity index (χ1v) is 2.55. The maximum Gasteiger partial charge on any atom is 0.254 e. The Kier molecular flexibility index (Phi) is 1.49. The number of carbonyl (C=O) groups excluding carboxylic acids is 1. The fourth-order valence-corrected chi connectivity index (χ4v) is 0.580. The van der Waals surface area contributed by atoms with Crippen LogP contribution < -0.4 is 5.73 Å². The zero-order chi connectivity index (χ0) is 7.56. The highest BCUT2D eigenvalue weighted by atomic mass is 16.1. The summed E-state index contributed by atoms with van der Waals surface area (Å²) in [6, 6.07) is 0. The molecule has 3 N–H and O–H groups in total. The van der Waals surface area contributed by atoms with Crippen molar-refractivity contribution in [1.29, 1.82) is 0 Å². The zero-order valence-corrected chi connectivity index (χ0v) is 5.16. The lowest BCUT2D eigenvalue weighted by Gasteiger charge is -1.87. The Morgan fingerprint density at radius 3 is 3.00 bits per heavy atom. The average Bonchev–Trinajstić information content (AvgIpc) is 2.33. The van der Waals surface area contributed by atoms with Crippen LogP contribution in [-0.4, -0.2) is 22.8 Å². The van der Waals surface area contributed by atoms with Crippen molar-refractivity contribution in [3.63, 3.8) is 0 Å². The number of nitrogens with one attached hydrogen (secondary N) is 1. The number of primary amides is 1. The molecule has 0 aliphatic carbocycles. The molecule has 1 amide bonds. The van der Waals surface area contributed by atoms with Crippen LogP contribution in [0.2, 0.25) is 0 Å². The molecule has 0 bridgehead atoms. The Morgan fingerprint density at radius 2 is 2.60 bits per heavy atom. The number of rotatable bonds is 2. The van der Waals surface area contributed by atoms with Gasteiger partial charge in [-0.25, -0.2) is 4.99 Å². The number of amides is 1. The Labute approximate surface area is 57.0 Å². The normalized spacial score (nSPS) is 9.20. The molecule has 1 heterocycles. The van der Waals surface area contributed by atoms with Gasteiger partial charge >= 0.3 is 0 Å². The Morgan fingerprint density at radius 1 is 1.90 bits per heavy atom. The number of nitrogens with two attached hydrogens (primary N) is 1. The van der Waals surface area contributed by atoms with E-state index in [1.807, 2.05) is 0 Å². The number of nitrogens with zero attached hydrogens (tertiary/aromatic N) is 2. The molecular formula is C5H6N4O. The predicted molar refractivity (Wildman–Crippen MR) is 36.3 cm³/mol. The van der Waals surface area contributed by atoms with Crippen LogP contribution in [0, 0.1) is 0 Å². The molecule has 1 aromatic rings. The van der Waals surface area contributed by atoms with Gasteiger partial charge in [-0.1, -0.05) is 0 Å². The van der Waals surface area contributed by atoms with Crippen LogP contribution in [0.1, 0.15) is 10.4 Å². The fraction of sp³-hybridized carbons (Fsp3) is 0. The molecule has 0 spiro atoms. The molecule has 0 atom stereocenters. The van der Waals surface area contributed by atoms with Gasteiger partial charge in [0.2, 0.25) is 0 Å². The van der Waals surface area contributed by atoms with Crippen LogP contribution in [0.5, 0.6) is 0 Å². The molecule has 10 heavy (non-hydrogen) atoms. The lowest BCUT2D eigenvalue weighted by Crippen LogP contribution is -2.09. The molecule has 5 heteroatoms. The summed E-state index contributed by atoms with van der Waals surface area (Å²) in [6.45, 7) is 3.22. The Balaban J connectivity index is 3.13. The van der Waals surface area contributed by atoms with E-state index in [4.69, 9.17) is 5.73 Å². The Bertz CT molecular complexity index is 264. The molecule has 0 aliphatic heterocycles. The molecule has 0 fully saturated rings. The van der Waals surface area contributed by atoms with Gasteiger partial charge in [0.05, 0.1) is 6.20 Å². The maximum absolute atomic E-state index is 10.5. The summed E-state index contributed by atoms with van der Waals surface area (Å²) >= 11 is 0. The van der Waals surface area contributed by atoms with Crippen LogP contribution in [-0.2, 0) is 0 Å². The second-order valence-electron chi connectivity index (χ2n) is 1.65. The highest BCUT2D eigenvalue weighted by molar-refractivity contribution is 5.96. The van der Waals surface area contributed by atoms with Crippen molar-refractivity contribution in [3.8, 4) is 0 Å². The van der Waals surface area contributed by atoms with Gasteiger partial charge in [-0.05, 0) is 6.72 Å². The van der Waals surface area contributed by atoms with E-state index in [1.54, 1.807) is 0 Å². The summed E-state index contributed by atoms with van der Waals surface area (Å²) in [5.74, 6) is -0.247. The van der Waals surface area contributed by atoms with Gasteiger partial charge in [0.25, 0.3) is 5.91 Å². The second kappa shape index (κ2) is 2.30. The van der Waals surface area contributed by atoms with E-state index in [9.17, 15) is 4.79 Å². The standard InChI is InChI=1S/C5H6N4O/c1-7-5-3(4(6)10)2-8-9-5/h2H,1H2,(H2,6,10)(H,8,9). The lowest BCUT2D eigenvalue weighted by molar-refractivity contribution is 0.100. The number of aromatic amines is 1. The predicted octanol–water partition coefficient (Wildman–Crippen LogP) is -0.159. The molecule has 0 unspecified atom stereocenters. The van der Waals surface area contributed by atoms with Gasteiger partial charge in [0, 0.05) is 0 Å². The molecule has 1 aromatic heterocycles. The minimum atomic E-state index is -0.559. The molecule has 0 aliphatic rings. The molecule has 5 nitrogen and oxygen atoms in total. The maximum atomic E-state index is 10.5. The average molecular weight is 138 g/mol. The van der Waals surface area contributed by atoms with E-state index in [1.165, 1.54) is 6.20 Å². The number of aliphatic imine (C=N–C) groups is 1. The van der Waals surface area contributed by atoms with Crippen LogP contribution in [0.15, 0.2) is 11.2 Å². The fourth-order valence-electron chi connectivity index (χ4n) is 0.580. The zero-order valence-electron chi connectivity index (χ0n) is 5.16. The topological polar surface area (TPSA) is 84.1 Å². The second-order valence-corrected chi connectivity index (χ2v) is 1.65. The third-order valence-corrected chi connectivity index (χ3v) is 1.04. The molecule has 52 valence electrons. The molecule has 0 radical (unpaired) electrons. The largest absolute Gasteiger partial charge is 0.365 e. The van der Waals surface area contributed by atoms with Crippen molar-refractivity contribution >= 4 is 18.4 Å². The molecule has 0 saturated heterocycles. The number of aromatic nitrogens is 2. The molecule has 0 aromatic carbocycles. The third kappa shape index (κ3) is 0.883. The summed E-state index contributed by atoms with van der Waals surface area (Å²) < 4.78 is 0. The van der Waals surface area contributed by atoms with Gasteiger partial charge in [0.15, 0.2) is 5.82 Å². The summed E-state index contributed by atoms with van der Waals surface area (Å²) in [6.07, 6.45) is 1.31. The number of hydrogen-bond acceptors (Lipinski definition) is 3. The van der Waals surface area contributed by atoms with Crippen LogP contribution in [0.3, 0.4) is 0 Å². The van der Waals surface area contributed by atoms with Crippen LogP contribution in [0.25, 0.3) is 0 Å². The van der Waals surface area contributed by atoms with Gasteiger partial charge < -0.3 is 5.73 Å². The monoisotopic (exact) mass is 138 g/mol. The number of carbonyl (C=O) groups is 1. The summed E-state index contributed by atoms with van der Waals surface area (Å²) in [4.78, 5) is 14.0. The van der Waals surface area contributed by atoms with E-state index < -0.39 is 5.91 Å². The lowest BCUT2D eigenvalue weighted by atomic mass is 10.3. The van der Waals surface area contributed by atoms with Crippen LogP contribution in [0.4, 0.5) is 5.82 Å². The van der Waals surface area contributed by atoms with E-state index in [-0.39, 0.29) is 5.56 Å². The smallest absolute Gasteiger partial charge is 0.254 e. The number of hydrogen-bond donors (Lipinski definition) is 2. The first kappa shape index (κ1) is 6.47. The Hall–Kier alpha value is -1.65. The van der Waals surface area contributed by atoms with E-state index in [0.717, 1.165) is 0 Å². The quantitative estimate of drug-likeness (QED) is 0.556. The summed E-state index contributed by atoms with van der Waals surface area (Å²) in [5, 5.41) is 6.01. The first-order valence-electron chi connectivity index (χ1n) is 2.55. The van der Waals surface area contributed by atoms with Gasteiger partial charge in [-0.15, -0.1) is 0 Å². The first-order chi connectivity index (χ1) is 4.75. The van der Waals surface area contributed by atoms with Crippen molar-refractivity contribution in [2.45, 2.75) is 0 Å². The van der Waals surface area contributed by atoms with Crippen molar-refractivity contribution in [3.05, 3.63) is 11.8 Å². The van der Waals surface area contributed by atoms with Crippen LogP contribution >= 0.6 is 0 Å². The molecule has 1 rings (SSSR count). The van der Waals surface area contributed by atoms with Crippen molar-refractivity contribution in [2.24, 2.45) is 10.7 Å². The SMILES string of the molecule is C=Nc1[nH]ncc1C(N)=O. The van der Waals surface area contributed by atoms with Gasteiger partial charge in [-0.2, -0.15) is 5.10 Å². The third-order valence-electron chi connectivity index (χ3n) is 1.04. The van der Waals surface area contributed by atoms with Crippen molar-refractivity contribution in [2.75, 3.05) is 0 Å². The summed E-state index contributed by atoms with van der Waals surface area (Å²) in [7, 11) is 0. The van der Waals surface area contributed by atoms with Crippen molar-refractivity contribution < 1.29 is 4.79 Å². The van der Waals surface area contributed by atoms with Crippen molar-refractivity contribution in [1.82, 2.24) is 10.2 Å². The highest BCUT2D eigenvalue weighted by Crippen LogP contribution is 2.11. The minimum Gasteiger partial charge on any atom is -0.365 e. The van der Waals surface area contributed by atoms with Gasteiger partial charge in [0.1, 0.15) is 5.56 Å². The number of H-pyrrole nitrogens is 1. The van der Waals surface area contributed by atoms with E-state index in [2.05, 4.69) is 21.9 Å². The summed E-state index contributed by atoms with van der Waals surface area (Å²) in [5.41, 5.74) is 5.21. The van der Waals surface area contributed by atoms with E-state index in [0.29, 0.717) is 5.82 Å².